The van der Waals surface area contributed by atoms with Crippen molar-refractivity contribution in [2.75, 3.05) is 11.9 Å². The van der Waals surface area contributed by atoms with E-state index >= 15 is 0 Å². The molecule has 5 heteroatoms. The van der Waals surface area contributed by atoms with Gasteiger partial charge in [-0.2, -0.15) is 0 Å². The van der Waals surface area contributed by atoms with Crippen LogP contribution < -0.4 is 4.90 Å². The third kappa shape index (κ3) is 2.81. The van der Waals surface area contributed by atoms with Crippen molar-refractivity contribution < 1.29 is 14.7 Å². The van der Waals surface area contributed by atoms with Crippen molar-refractivity contribution in [3.8, 4) is 0 Å². The minimum Gasteiger partial charge on any atom is -0.478 e. The minimum atomic E-state index is -1.00. The molecule has 0 spiro atoms. The van der Waals surface area contributed by atoms with Crippen molar-refractivity contribution in [3.05, 3.63) is 64.7 Å². The average Bonchev–Trinajstić information content (AvgIpc) is 2.46. The van der Waals surface area contributed by atoms with Crippen molar-refractivity contribution in [2.24, 2.45) is 0 Å². The van der Waals surface area contributed by atoms with Crippen molar-refractivity contribution in [3.63, 3.8) is 0 Å². The third-order valence-corrected chi connectivity index (χ3v) is 3.24. The first kappa shape index (κ1) is 14.1. The van der Waals surface area contributed by atoms with Crippen LogP contribution in [0.5, 0.6) is 0 Å². The number of carbonyl (C=O) groups is 2. The van der Waals surface area contributed by atoms with Gasteiger partial charge in [0.2, 0.25) is 0 Å². The summed E-state index contributed by atoms with van der Waals surface area (Å²) >= 11 is 5.99. The van der Waals surface area contributed by atoms with Crippen LogP contribution in [-0.2, 0) is 0 Å². The third-order valence-electron chi connectivity index (χ3n) is 2.91. The highest BCUT2D eigenvalue weighted by Crippen LogP contribution is 2.21. The summed E-state index contributed by atoms with van der Waals surface area (Å²) in [7, 11) is 1.61. The number of halogens is 1. The quantitative estimate of drug-likeness (QED) is 0.943. The van der Waals surface area contributed by atoms with Crippen molar-refractivity contribution in [1.29, 1.82) is 0 Å². The smallest absolute Gasteiger partial charge is 0.335 e. The lowest BCUT2D eigenvalue weighted by Crippen LogP contribution is -2.26. The van der Waals surface area contributed by atoms with Crippen LogP contribution in [0.3, 0.4) is 0 Å². The van der Waals surface area contributed by atoms with Crippen LogP contribution >= 0.6 is 11.6 Å². The van der Waals surface area contributed by atoms with Gasteiger partial charge in [-0.1, -0.05) is 23.7 Å². The second-order valence-electron chi connectivity index (χ2n) is 4.20. The van der Waals surface area contributed by atoms with Gasteiger partial charge < -0.3 is 10.0 Å². The summed E-state index contributed by atoms with van der Waals surface area (Å²) in [5.74, 6) is -1.25. The van der Waals surface area contributed by atoms with Crippen LogP contribution in [0.2, 0.25) is 5.02 Å². The molecule has 0 bridgehead atoms. The molecule has 0 saturated heterocycles. The van der Waals surface area contributed by atoms with Crippen LogP contribution in [0.25, 0.3) is 0 Å². The number of benzene rings is 2. The summed E-state index contributed by atoms with van der Waals surface area (Å²) in [6.45, 7) is 0. The SMILES string of the molecule is CN(C(=O)c1ccccc1Cl)c1ccc(C(=O)O)cc1. The Morgan fingerprint density at radius 2 is 1.65 bits per heavy atom. The molecule has 102 valence electrons. The fraction of sp³-hybridized carbons (Fsp3) is 0.0667. The van der Waals surface area contributed by atoms with Gasteiger partial charge in [0.25, 0.3) is 5.91 Å². The monoisotopic (exact) mass is 289 g/mol. The molecule has 2 aromatic carbocycles. The standard InChI is InChI=1S/C15H12ClNO3/c1-17(11-8-6-10(7-9-11)15(19)20)14(18)12-4-2-3-5-13(12)16/h2-9H,1H3,(H,19,20). The summed E-state index contributed by atoms with van der Waals surface area (Å²) in [6.07, 6.45) is 0. The van der Waals surface area contributed by atoms with Gasteiger partial charge in [-0.25, -0.2) is 4.79 Å². The fourth-order valence-corrected chi connectivity index (χ4v) is 1.98. The molecule has 2 rings (SSSR count). The van der Waals surface area contributed by atoms with Crippen LogP contribution in [0.15, 0.2) is 48.5 Å². The first-order valence-corrected chi connectivity index (χ1v) is 6.24. The van der Waals surface area contributed by atoms with Gasteiger partial charge in [0.1, 0.15) is 0 Å². The lowest BCUT2D eigenvalue weighted by Gasteiger charge is -2.18. The second-order valence-corrected chi connectivity index (χ2v) is 4.60. The van der Waals surface area contributed by atoms with Crippen LogP contribution in [0.1, 0.15) is 20.7 Å². The molecule has 0 saturated carbocycles. The molecule has 0 atom stereocenters. The molecule has 0 aliphatic heterocycles. The van der Waals surface area contributed by atoms with E-state index in [1.807, 2.05) is 0 Å². The number of anilines is 1. The van der Waals surface area contributed by atoms with E-state index in [4.69, 9.17) is 16.7 Å². The Morgan fingerprint density at radius 3 is 2.20 bits per heavy atom. The van der Waals surface area contributed by atoms with Crippen molar-refractivity contribution in [1.82, 2.24) is 0 Å². The zero-order chi connectivity index (χ0) is 14.7. The summed E-state index contributed by atoms with van der Waals surface area (Å²) in [4.78, 5) is 24.5. The summed E-state index contributed by atoms with van der Waals surface area (Å²) in [5.41, 5.74) is 1.17. The molecular weight excluding hydrogens is 278 g/mol. The van der Waals surface area contributed by atoms with E-state index in [1.54, 1.807) is 43.4 Å². The number of hydrogen-bond donors (Lipinski definition) is 1. The Kier molecular flexibility index (Phi) is 4.05. The van der Waals surface area contributed by atoms with E-state index in [0.29, 0.717) is 16.3 Å². The zero-order valence-electron chi connectivity index (χ0n) is 10.7. The molecule has 0 radical (unpaired) electrons. The Labute approximate surface area is 121 Å². The predicted molar refractivity (Wildman–Crippen MR) is 77.6 cm³/mol. The van der Waals surface area contributed by atoms with E-state index in [-0.39, 0.29) is 11.5 Å². The number of hydrogen-bond acceptors (Lipinski definition) is 2. The lowest BCUT2D eigenvalue weighted by molar-refractivity contribution is 0.0696. The predicted octanol–water partition coefficient (Wildman–Crippen LogP) is 3.31. The van der Waals surface area contributed by atoms with Crippen molar-refractivity contribution in [2.45, 2.75) is 0 Å². The molecule has 1 N–H and O–H groups in total. The van der Waals surface area contributed by atoms with Crippen LogP contribution in [-0.4, -0.2) is 24.0 Å². The highest BCUT2D eigenvalue weighted by Gasteiger charge is 2.16. The summed E-state index contributed by atoms with van der Waals surface area (Å²) in [5, 5.41) is 9.22. The maximum atomic E-state index is 12.3. The number of amides is 1. The Balaban J connectivity index is 2.27. The Bertz CT molecular complexity index is 652. The Morgan fingerprint density at radius 1 is 1.05 bits per heavy atom. The van der Waals surface area contributed by atoms with Gasteiger partial charge >= 0.3 is 5.97 Å². The fourth-order valence-electron chi connectivity index (χ4n) is 1.76. The molecule has 0 aliphatic carbocycles. The number of carboxylic acids is 1. The van der Waals surface area contributed by atoms with Gasteiger partial charge in [0.15, 0.2) is 0 Å². The summed E-state index contributed by atoms with van der Waals surface area (Å²) in [6, 6.07) is 12.8. The van der Waals surface area contributed by atoms with E-state index in [1.165, 1.54) is 17.0 Å². The van der Waals surface area contributed by atoms with Gasteiger partial charge in [0, 0.05) is 12.7 Å². The molecule has 4 nitrogen and oxygen atoms in total. The highest BCUT2D eigenvalue weighted by molar-refractivity contribution is 6.34. The van der Waals surface area contributed by atoms with Crippen LogP contribution in [0, 0.1) is 0 Å². The number of carboxylic acid groups (broad SMARTS) is 1. The number of nitrogens with zero attached hydrogens (tertiary/aromatic N) is 1. The maximum Gasteiger partial charge on any atom is 0.335 e. The van der Waals surface area contributed by atoms with E-state index < -0.39 is 5.97 Å². The molecule has 1 amide bonds. The Hall–Kier alpha value is -2.33. The first-order chi connectivity index (χ1) is 9.50. The summed E-state index contributed by atoms with van der Waals surface area (Å²) < 4.78 is 0. The van der Waals surface area contributed by atoms with Crippen LogP contribution in [0.4, 0.5) is 5.69 Å². The molecule has 0 unspecified atom stereocenters. The molecule has 20 heavy (non-hydrogen) atoms. The van der Waals surface area contributed by atoms with Gasteiger partial charge in [-0.15, -0.1) is 0 Å². The molecule has 0 fully saturated rings. The minimum absolute atomic E-state index is 0.173. The largest absolute Gasteiger partial charge is 0.478 e. The van der Waals surface area contributed by atoms with E-state index in [2.05, 4.69) is 0 Å². The van der Waals surface area contributed by atoms with E-state index in [9.17, 15) is 9.59 Å². The maximum absolute atomic E-state index is 12.3. The lowest BCUT2D eigenvalue weighted by atomic mass is 10.1. The zero-order valence-corrected chi connectivity index (χ0v) is 11.5. The first-order valence-electron chi connectivity index (χ1n) is 5.86. The number of aromatic carboxylic acids is 1. The number of carbonyl (C=O) groups excluding carboxylic acids is 1. The molecular formula is C15H12ClNO3. The second kappa shape index (κ2) is 5.75. The molecule has 0 aromatic heterocycles. The van der Waals surface area contributed by atoms with Gasteiger partial charge in [-0.3, -0.25) is 4.79 Å². The van der Waals surface area contributed by atoms with E-state index in [0.717, 1.165) is 0 Å². The average molecular weight is 290 g/mol. The van der Waals surface area contributed by atoms with Gasteiger partial charge in [0.05, 0.1) is 16.1 Å². The molecule has 0 aliphatic rings. The van der Waals surface area contributed by atoms with Gasteiger partial charge in [-0.05, 0) is 36.4 Å². The van der Waals surface area contributed by atoms with Crippen molar-refractivity contribution >= 4 is 29.2 Å². The number of rotatable bonds is 3. The highest BCUT2D eigenvalue weighted by atomic mass is 35.5. The molecule has 0 heterocycles. The molecule has 2 aromatic rings. The normalized spacial score (nSPS) is 10.1. The topological polar surface area (TPSA) is 57.6 Å².